The van der Waals surface area contributed by atoms with Crippen molar-refractivity contribution >= 4 is 48.8 Å². The van der Waals surface area contributed by atoms with Crippen molar-refractivity contribution in [3.63, 3.8) is 0 Å². The van der Waals surface area contributed by atoms with Gasteiger partial charge in [0, 0.05) is 16.1 Å². The molecule has 21 heavy (non-hydrogen) atoms. The molecule has 0 bridgehead atoms. The van der Waals surface area contributed by atoms with Gasteiger partial charge in [0.2, 0.25) is 0 Å². The van der Waals surface area contributed by atoms with Crippen molar-refractivity contribution < 1.29 is 13.2 Å². The molecule has 1 aromatic carbocycles. The number of hydrogen-bond donors (Lipinski definition) is 1. The number of thiophene rings is 1. The minimum Gasteiger partial charge on any atom is -0.348 e. The zero-order chi connectivity index (χ0) is 15.2. The van der Waals surface area contributed by atoms with Crippen LogP contribution in [0.15, 0.2) is 18.2 Å². The molecular weight excluding hydrogens is 330 g/mol. The molecule has 1 saturated heterocycles. The normalized spacial score (nSPS) is 20.8. The number of carbonyl (C=O) groups excluding carboxylic acids is 1. The lowest BCUT2D eigenvalue weighted by molar-refractivity contribution is 0.0945. The summed E-state index contributed by atoms with van der Waals surface area (Å²) >= 11 is 7.67. The summed E-state index contributed by atoms with van der Waals surface area (Å²) in [5.74, 6) is -0.139. The lowest BCUT2D eigenvalue weighted by Crippen LogP contribution is -2.35. The molecule has 0 saturated carbocycles. The Morgan fingerprint density at radius 1 is 1.43 bits per heavy atom. The minimum atomic E-state index is -3.01. The fraction of sp³-hybridized carbons (Fsp3) is 0.357. The number of fused-ring (bicyclic) bond motifs is 1. The number of benzene rings is 1. The Labute approximate surface area is 132 Å². The van der Waals surface area contributed by atoms with Crippen LogP contribution >= 0.6 is 22.9 Å². The predicted molar refractivity (Wildman–Crippen MR) is 86.1 cm³/mol. The molecule has 112 valence electrons. The van der Waals surface area contributed by atoms with Gasteiger partial charge in [-0.1, -0.05) is 23.7 Å². The molecule has 3 rings (SSSR count). The Balaban J connectivity index is 1.89. The van der Waals surface area contributed by atoms with E-state index in [0.29, 0.717) is 16.3 Å². The average molecular weight is 344 g/mol. The first kappa shape index (κ1) is 14.8. The Morgan fingerprint density at radius 3 is 2.81 bits per heavy atom. The van der Waals surface area contributed by atoms with Crippen LogP contribution in [0, 0.1) is 6.92 Å². The topological polar surface area (TPSA) is 63.2 Å². The van der Waals surface area contributed by atoms with Gasteiger partial charge < -0.3 is 5.32 Å². The van der Waals surface area contributed by atoms with Crippen LogP contribution in [0.1, 0.15) is 21.7 Å². The van der Waals surface area contributed by atoms with Gasteiger partial charge in [-0.05, 0) is 25.0 Å². The summed E-state index contributed by atoms with van der Waals surface area (Å²) in [5, 5.41) is 4.13. The quantitative estimate of drug-likeness (QED) is 0.912. The van der Waals surface area contributed by atoms with Crippen molar-refractivity contribution in [3.05, 3.63) is 33.7 Å². The van der Waals surface area contributed by atoms with Gasteiger partial charge in [0.25, 0.3) is 5.91 Å². The lowest BCUT2D eigenvalue weighted by atomic mass is 10.1. The smallest absolute Gasteiger partial charge is 0.263 e. The van der Waals surface area contributed by atoms with Crippen molar-refractivity contribution in [1.82, 2.24) is 5.32 Å². The number of amides is 1. The van der Waals surface area contributed by atoms with Gasteiger partial charge in [0.05, 0.1) is 16.5 Å². The minimum absolute atomic E-state index is 0.0142. The fourth-order valence-corrected chi connectivity index (χ4v) is 5.84. The average Bonchev–Trinajstić information content (AvgIpc) is 2.91. The summed E-state index contributed by atoms with van der Waals surface area (Å²) in [7, 11) is -3.01. The summed E-state index contributed by atoms with van der Waals surface area (Å²) in [6.07, 6.45) is 0.468. The first-order chi connectivity index (χ1) is 9.87. The predicted octanol–water partition coefficient (Wildman–Crippen LogP) is 2.78. The van der Waals surface area contributed by atoms with Crippen LogP contribution < -0.4 is 5.32 Å². The Kier molecular flexibility index (Phi) is 3.71. The van der Waals surface area contributed by atoms with E-state index >= 15 is 0 Å². The molecule has 2 heterocycles. The molecular formula is C14H14ClNO3S2. The lowest BCUT2D eigenvalue weighted by Gasteiger charge is -2.09. The second-order valence-electron chi connectivity index (χ2n) is 5.27. The van der Waals surface area contributed by atoms with Crippen LogP contribution in [-0.2, 0) is 9.84 Å². The molecule has 1 aliphatic heterocycles. The maximum atomic E-state index is 12.3. The summed E-state index contributed by atoms with van der Waals surface area (Å²) < 4.78 is 23.8. The summed E-state index contributed by atoms with van der Waals surface area (Å²) in [5.41, 5.74) is 1.02. The van der Waals surface area contributed by atoms with E-state index in [-0.39, 0.29) is 23.5 Å². The van der Waals surface area contributed by atoms with Crippen molar-refractivity contribution in [2.45, 2.75) is 19.4 Å². The highest BCUT2D eigenvalue weighted by molar-refractivity contribution is 7.91. The highest BCUT2D eigenvalue weighted by Crippen LogP contribution is 2.37. The molecule has 1 N–H and O–H groups in total. The van der Waals surface area contributed by atoms with Crippen molar-refractivity contribution in [3.8, 4) is 0 Å². The third-order valence-corrected chi connectivity index (χ3v) is 7.05. The first-order valence-electron chi connectivity index (χ1n) is 6.56. The van der Waals surface area contributed by atoms with E-state index in [4.69, 9.17) is 11.6 Å². The molecule has 1 atom stereocenters. The van der Waals surface area contributed by atoms with Crippen LogP contribution in [0.4, 0.5) is 0 Å². The Morgan fingerprint density at radius 2 is 2.19 bits per heavy atom. The van der Waals surface area contributed by atoms with Crippen molar-refractivity contribution in [2.24, 2.45) is 0 Å². The van der Waals surface area contributed by atoms with Crippen LogP contribution in [0.2, 0.25) is 5.02 Å². The van der Waals surface area contributed by atoms with Crippen molar-refractivity contribution in [1.29, 1.82) is 0 Å². The summed E-state index contributed by atoms with van der Waals surface area (Å²) in [6, 6.07) is 5.49. The number of carbonyl (C=O) groups is 1. The molecule has 1 unspecified atom stereocenters. The largest absolute Gasteiger partial charge is 0.348 e. The maximum absolute atomic E-state index is 12.3. The van der Waals surface area contributed by atoms with E-state index < -0.39 is 9.84 Å². The number of sulfone groups is 1. The van der Waals surface area contributed by atoms with Gasteiger partial charge in [0.15, 0.2) is 9.84 Å². The maximum Gasteiger partial charge on any atom is 0.263 e. The number of rotatable bonds is 2. The summed E-state index contributed by atoms with van der Waals surface area (Å²) in [4.78, 5) is 12.8. The van der Waals surface area contributed by atoms with Gasteiger partial charge in [-0.3, -0.25) is 4.79 Å². The van der Waals surface area contributed by atoms with E-state index in [9.17, 15) is 13.2 Å². The second kappa shape index (κ2) is 5.26. The third-order valence-electron chi connectivity index (χ3n) is 3.64. The van der Waals surface area contributed by atoms with Crippen LogP contribution in [-0.4, -0.2) is 31.9 Å². The van der Waals surface area contributed by atoms with Gasteiger partial charge in [-0.15, -0.1) is 11.3 Å². The molecule has 2 aromatic rings. The Bertz CT molecular complexity index is 826. The molecule has 1 amide bonds. The number of halogens is 1. The number of aryl methyl sites for hydroxylation is 1. The summed E-state index contributed by atoms with van der Waals surface area (Å²) in [6.45, 7) is 1.95. The van der Waals surface area contributed by atoms with E-state index in [1.54, 1.807) is 0 Å². The van der Waals surface area contributed by atoms with Gasteiger partial charge in [-0.25, -0.2) is 8.42 Å². The number of nitrogens with one attached hydrogen (secondary N) is 1. The molecule has 1 fully saturated rings. The molecule has 1 aliphatic rings. The second-order valence-corrected chi connectivity index (χ2v) is 8.93. The molecule has 7 heteroatoms. The van der Waals surface area contributed by atoms with E-state index in [1.807, 2.05) is 25.1 Å². The molecule has 1 aromatic heterocycles. The monoisotopic (exact) mass is 343 g/mol. The SMILES string of the molecule is Cc1cccc2sc(C(=O)NC3CCS(=O)(=O)C3)c(Cl)c12. The van der Waals surface area contributed by atoms with Crippen LogP contribution in [0.25, 0.3) is 10.1 Å². The van der Waals surface area contributed by atoms with Crippen LogP contribution in [0.3, 0.4) is 0 Å². The van der Waals surface area contributed by atoms with E-state index in [2.05, 4.69) is 5.32 Å². The molecule has 0 spiro atoms. The highest BCUT2D eigenvalue weighted by Gasteiger charge is 2.30. The fourth-order valence-electron chi connectivity index (χ4n) is 2.58. The van der Waals surface area contributed by atoms with Gasteiger partial charge >= 0.3 is 0 Å². The van der Waals surface area contributed by atoms with E-state index in [0.717, 1.165) is 15.6 Å². The first-order valence-corrected chi connectivity index (χ1v) is 9.58. The van der Waals surface area contributed by atoms with Crippen LogP contribution in [0.5, 0.6) is 0 Å². The van der Waals surface area contributed by atoms with E-state index in [1.165, 1.54) is 11.3 Å². The standard InChI is InChI=1S/C14H14ClNO3S2/c1-8-3-2-4-10-11(8)12(15)13(20-10)14(17)16-9-5-6-21(18,19)7-9/h2-4,9H,5-7H2,1H3,(H,16,17). The highest BCUT2D eigenvalue weighted by atomic mass is 35.5. The molecule has 0 radical (unpaired) electrons. The van der Waals surface area contributed by atoms with Gasteiger partial charge in [0.1, 0.15) is 4.88 Å². The number of hydrogen-bond acceptors (Lipinski definition) is 4. The van der Waals surface area contributed by atoms with Gasteiger partial charge in [-0.2, -0.15) is 0 Å². The zero-order valence-electron chi connectivity index (χ0n) is 11.3. The molecule has 4 nitrogen and oxygen atoms in total. The zero-order valence-corrected chi connectivity index (χ0v) is 13.7. The molecule has 0 aliphatic carbocycles. The van der Waals surface area contributed by atoms with Crippen molar-refractivity contribution in [2.75, 3.05) is 11.5 Å². The Hall–Kier alpha value is -1.11. The third kappa shape index (κ3) is 2.80.